The molecule has 8 heteroatoms. The van der Waals surface area contributed by atoms with Crippen molar-refractivity contribution >= 4 is 18.0 Å². The molecule has 2 fully saturated rings. The molecule has 0 spiro atoms. The number of hydrogen-bond donors (Lipinski definition) is 3. The van der Waals surface area contributed by atoms with Crippen molar-refractivity contribution in [2.45, 2.75) is 37.6 Å². The lowest BCUT2D eigenvalue weighted by Gasteiger charge is -2.36. The molecule has 35 heavy (non-hydrogen) atoms. The monoisotopic (exact) mass is 478 g/mol. The van der Waals surface area contributed by atoms with Crippen LogP contribution in [0.3, 0.4) is 0 Å². The number of alkyl carbamates (subject to hydrolysis) is 1. The second kappa shape index (κ2) is 9.70. The van der Waals surface area contributed by atoms with Gasteiger partial charge in [0, 0.05) is 19.1 Å². The molecule has 3 aliphatic rings. The molecule has 1 aliphatic heterocycles. The van der Waals surface area contributed by atoms with Crippen molar-refractivity contribution < 1.29 is 29.0 Å². The first-order valence-electron chi connectivity index (χ1n) is 12.2. The summed E-state index contributed by atoms with van der Waals surface area (Å²) in [6.07, 6.45) is 2.12. The third-order valence-electron chi connectivity index (χ3n) is 7.36. The molecule has 0 bridgehead atoms. The van der Waals surface area contributed by atoms with Crippen molar-refractivity contribution in [3.63, 3.8) is 0 Å². The van der Waals surface area contributed by atoms with E-state index < -0.39 is 29.4 Å². The van der Waals surface area contributed by atoms with Crippen molar-refractivity contribution in [1.29, 1.82) is 0 Å². The van der Waals surface area contributed by atoms with Crippen LogP contribution >= 0.6 is 0 Å². The fraction of sp³-hybridized carbons (Fsp3) is 0.444. The first-order chi connectivity index (χ1) is 17.0. The second-order valence-electron chi connectivity index (χ2n) is 9.74. The minimum atomic E-state index is -1.03. The highest BCUT2D eigenvalue weighted by atomic mass is 16.5. The van der Waals surface area contributed by atoms with Crippen LogP contribution in [0.4, 0.5) is 4.79 Å². The third kappa shape index (κ3) is 4.75. The fourth-order valence-electron chi connectivity index (χ4n) is 5.25. The summed E-state index contributed by atoms with van der Waals surface area (Å²) in [6, 6.07) is 15.3. The minimum Gasteiger partial charge on any atom is -0.480 e. The Bertz CT molecular complexity index is 1080. The van der Waals surface area contributed by atoms with Crippen molar-refractivity contribution in [3.05, 3.63) is 59.7 Å². The Kier molecular flexibility index (Phi) is 6.47. The van der Waals surface area contributed by atoms with E-state index in [4.69, 9.17) is 9.47 Å². The Hall–Kier alpha value is -3.39. The van der Waals surface area contributed by atoms with E-state index in [-0.39, 0.29) is 31.6 Å². The van der Waals surface area contributed by atoms with Gasteiger partial charge in [0.25, 0.3) is 0 Å². The zero-order valence-corrected chi connectivity index (χ0v) is 19.5. The smallest absolute Gasteiger partial charge is 0.407 e. The number of carbonyl (C=O) groups is 3. The van der Waals surface area contributed by atoms with Gasteiger partial charge in [-0.25, -0.2) is 9.59 Å². The van der Waals surface area contributed by atoms with Crippen molar-refractivity contribution in [2.24, 2.45) is 11.3 Å². The standard InChI is InChI=1S/C27H30N2O6/c30-24(31)23(17-10-11-17)29-25(32)27(12-5-13-34-16-27)15-28-26(33)35-14-22-20-8-3-1-6-18(20)19-7-2-4-9-21(19)22/h1-4,6-9,17,22-23H,5,10-16H2,(H,28,33)(H,29,32)(H,30,31). The van der Waals surface area contributed by atoms with Crippen molar-refractivity contribution in [3.8, 4) is 11.1 Å². The van der Waals surface area contributed by atoms with E-state index in [9.17, 15) is 19.5 Å². The lowest BCUT2D eigenvalue weighted by molar-refractivity contribution is -0.147. The number of carboxylic acids is 1. The van der Waals surface area contributed by atoms with Crippen LogP contribution in [0.2, 0.25) is 0 Å². The Balaban J connectivity index is 1.22. The van der Waals surface area contributed by atoms with Crippen LogP contribution in [0, 0.1) is 11.3 Å². The normalized spacial score (nSPS) is 21.9. The number of aliphatic carboxylic acids is 1. The van der Waals surface area contributed by atoms with Gasteiger partial charge < -0.3 is 25.2 Å². The topological polar surface area (TPSA) is 114 Å². The van der Waals surface area contributed by atoms with Gasteiger partial charge in [-0.05, 0) is 53.9 Å². The van der Waals surface area contributed by atoms with Crippen LogP contribution in [-0.2, 0) is 19.1 Å². The fourth-order valence-corrected chi connectivity index (χ4v) is 5.25. The number of benzene rings is 2. The van der Waals surface area contributed by atoms with E-state index in [0.717, 1.165) is 35.1 Å². The van der Waals surface area contributed by atoms with Gasteiger partial charge in [0.2, 0.25) is 5.91 Å². The van der Waals surface area contributed by atoms with Crippen molar-refractivity contribution in [2.75, 3.05) is 26.4 Å². The zero-order chi connectivity index (χ0) is 24.4. The van der Waals surface area contributed by atoms with Gasteiger partial charge in [0.1, 0.15) is 12.6 Å². The summed E-state index contributed by atoms with van der Waals surface area (Å²) < 4.78 is 11.2. The predicted molar refractivity (Wildman–Crippen MR) is 128 cm³/mol. The molecule has 2 atom stereocenters. The zero-order valence-electron chi connectivity index (χ0n) is 19.5. The van der Waals surface area contributed by atoms with Crippen LogP contribution in [-0.4, -0.2) is 55.5 Å². The largest absolute Gasteiger partial charge is 0.480 e. The van der Waals surface area contributed by atoms with E-state index in [1.165, 1.54) is 0 Å². The van der Waals surface area contributed by atoms with E-state index >= 15 is 0 Å². The Morgan fingerprint density at radius 1 is 1.06 bits per heavy atom. The third-order valence-corrected chi connectivity index (χ3v) is 7.36. The maximum absolute atomic E-state index is 13.2. The molecular weight excluding hydrogens is 448 g/mol. The highest BCUT2D eigenvalue weighted by Gasteiger charge is 2.45. The Morgan fingerprint density at radius 3 is 2.29 bits per heavy atom. The summed E-state index contributed by atoms with van der Waals surface area (Å²) in [7, 11) is 0. The first-order valence-corrected chi connectivity index (χ1v) is 12.2. The molecular formula is C27H30N2O6. The molecule has 3 N–H and O–H groups in total. The van der Waals surface area contributed by atoms with E-state index in [1.807, 2.05) is 24.3 Å². The van der Waals surface area contributed by atoms with Crippen LogP contribution in [0.5, 0.6) is 0 Å². The lowest BCUT2D eigenvalue weighted by Crippen LogP contribution is -2.56. The molecule has 184 valence electrons. The molecule has 5 rings (SSSR count). The summed E-state index contributed by atoms with van der Waals surface area (Å²) >= 11 is 0. The number of fused-ring (bicyclic) bond motifs is 3. The van der Waals surface area contributed by atoms with E-state index in [2.05, 4.69) is 34.9 Å². The highest BCUT2D eigenvalue weighted by molar-refractivity contribution is 5.88. The molecule has 1 saturated heterocycles. The number of nitrogens with one attached hydrogen (secondary N) is 2. The number of amides is 2. The molecule has 0 radical (unpaired) electrons. The van der Waals surface area contributed by atoms with Gasteiger partial charge >= 0.3 is 12.1 Å². The van der Waals surface area contributed by atoms with E-state index in [1.54, 1.807) is 0 Å². The molecule has 2 aromatic carbocycles. The van der Waals surface area contributed by atoms with Crippen LogP contribution < -0.4 is 10.6 Å². The molecule has 2 aromatic rings. The summed E-state index contributed by atoms with van der Waals surface area (Å²) in [5.41, 5.74) is 3.52. The number of hydrogen-bond acceptors (Lipinski definition) is 5. The number of carbonyl (C=O) groups excluding carboxylic acids is 2. The molecule has 2 aliphatic carbocycles. The molecule has 2 amide bonds. The van der Waals surface area contributed by atoms with Crippen molar-refractivity contribution in [1.82, 2.24) is 10.6 Å². The maximum atomic E-state index is 13.2. The summed E-state index contributed by atoms with van der Waals surface area (Å²) in [6.45, 7) is 0.856. The molecule has 0 aromatic heterocycles. The van der Waals surface area contributed by atoms with Gasteiger partial charge in [-0.2, -0.15) is 0 Å². The molecule has 8 nitrogen and oxygen atoms in total. The minimum absolute atomic E-state index is 0.0204. The molecule has 1 saturated carbocycles. The summed E-state index contributed by atoms with van der Waals surface area (Å²) in [5.74, 6) is -1.51. The molecule has 1 heterocycles. The second-order valence-corrected chi connectivity index (χ2v) is 9.74. The molecule has 2 unspecified atom stereocenters. The first kappa shape index (κ1) is 23.4. The summed E-state index contributed by atoms with van der Waals surface area (Å²) in [4.78, 5) is 37.5. The van der Waals surface area contributed by atoms with E-state index in [0.29, 0.717) is 19.4 Å². The Morgan fingerprint density at radius 2 is 1.71 bits per heavy atom. The maximum Gasteiger partial charge on any atom is 0.407 e. The van der Waals surface area contributed by atoms with Gasteiger partial charge in [-0.15, -0.1) is 0 Å². The van der Waals surface area contributed by atoms with Gasteiger partial charge in [-0.1, -0.05) is 48.5 Å². The SMILES string of the molecule is O=C(NCC1(C(=O)NC(C(=O)O)C2CC2)CCCOC1)OCC1c2ccccc2-c2ccccc21. The Labute approximate surface area is 204 Å². The van der Waals surface area contributed by atoms with Crippen LogP contribution in [0.15, 0.2) is 48.5 Å². The van der Waals surface area contributed by atoms with Crippen LogP contribution in [0.25, 0.3) is 11.1 Å². The summed E-state index contributed by atoms with van der Waals surface area (Å²) in [5, 5.41) is 15.0. The average molecular weight is 479 g/mol. The van der Waals surface area contributed by atoms with Crippen LogP contribution in [0.1, 0.15) is 42.7 Å². The number of ether oxygens (including phenoxy) is 2. The number of rotatable bonds is 8. The lowest BCUT2D eigenvalue weighted by atomic mass is 9.81. The number of carboxylic acid groups (broad SMARTS) is 1. The van der Waals surface area contributed by atoms with Gasteiger partial charge in [-0.3, -0.25) is 4.79 Å². The predicted octanol–water partition coefficient (Wildman–Crippen LogP) is 3.30. The quantitative estimate of drug-likeness (QED) is 0.537. The van der Waals surface area contributed by atoms with Gasteiger partial charge in [0.05, 0.1) is 12.0 Å². The van der Waals surface area contributed by atoms with Gasteiger partial charge in [0.15, 0.2) is 0 Å². The average Bonchev–Trinajstić information content (AvgIpc) is 3.67. The highest BCUT2D eigenvalue weighted by Crippen LogP contribution is 2.44.